The Labute approximate surface area is 146 Å². The van der Waals surface area contributed by atoms with E-state index >= 15 is 0 Å². The first kappa shape index (κ1) is 18.4. The molecule has 2 N–H and O–H groups in total. The van der Waals surface area contributed by atoms with Crippen LogP contribution in [0.5, 0.6) is 5.75 Å². The second-order valence-electron chi connectivity index (χ2n) is 5.58. The Bertz CT molecular complexity index is 762. The van der Waals surface area contributed by atoms with Crippen LogP contribution in [0.1, 0.15) is 18.1 Å². The minimum Gasteiger partial charge on any atom is -0.495 e. The van der Waals surface area contributed by atoms with Crippen molar-refractivity contribution in [2.75, 3.05) is 19.0 Å². The molecule has 0 aliphatic carbocycles. The van der Waals surface area contributed by atoms with Gasteiger partial charge in [-0.3, -0.25) is 9.59 Å². The smallest absolute Gasteiger partial charge is 0.224 e. The maximum absolute atomic E-state index is 13.5. The lowest BCUT2D eigenvalue weighted by Crippen LogP contribution is -2.27. The van der Waals surface area contributed by atoms with E-state index in [0.717, 1.165) is 5.56 Å². The van der Waals surface area contributed by atoms with Crippen LogP contribution in [0.3, 0.4) is 0 Å². The van der Waals surface area contributed by atoms with Crippen LogP contribution in [0.4, 0.5) is 10.1 Å². The van der Waals surface area contributed by atoms with Crippen molar-refractivity contribution in [3.05, 3.63) is 59.4 Å². The maximum Gasteiger partial charge on any atom is 0.224 e. The van der Waals surface area contributed by atoms with Crippen LogP contribution < -0.4 is 15.4 Å². The van der Waals surface area contributed by atoms with E-state index in [1.165, 1.54) is 20.1 Å². The summed E-state index contributed by atoms with van der Waals surface area (Å²) in [4.78, 5) is 23.2. The molecule has 132 valence electrons. The molecule has 25 heavy (non-hydrogen) atoms. The molecular weight excluding hydrogens is 323 g/mol. The number of nitrogens with one attached hydrogen (secondary N) is 2. The fraction of sp³-hybridized carbons (Fsp3) is 0.263. The fourth-order valence-corrected chi connectivity index (χ4v) is 2.42. The molecule has 0 fully saturated rings. The van der Waals surface area contributed by atoms with Crippen molar-refractivity contribution in [1.29, 1.82) is 0 Å². The zero-order valence-corrected chi connectivity index (χ0v) is 14.3. The summed E-state index contributed by atoms with van der Waals surface area (Å²) in [5, 5.41) is 5.48. The van der Waals surface area contributed by atoms with Crippen molar-refractivity contribution in [3.63, 3.8) is 0 Å². The molecule has 0 spiro atoms. The zero-order chi connectivity index (χ0) is 18.2. The maximum atomic E-state index is 13.5. The highest BCUT2D eigenvalue weighted by molar-refractivity contribution is 5.90. The van der Waals surface area contributed by atoms with Gasteiger partial charge in [-0.1, -0.05) is 24.3 Å². The molecule has 0 aliphatic rings. The van der Waals surface area contributed by atoms with Crippen molar-refractivity contribution in [2.24, 2.45) is 0 Å². The second-order valence-corrected chi connectivity index (χ2v) is 5.58. The molecule has 2 aromatic carbocycles. The number of rotatable bonds is 7. The summed E-state index contributed by atoms with van der Waals surface area (Å²) in [6.07, 6.45) is 0.589. The van der Waals surface area contributed by atoms with Gasteiger partial charge in [0.05, 0.1) is 19.2 Å². The van der Waals surface area contributed by atoms with Gasteiger partial charge in [0.25, 0.3) is 0 Å². The summed E-state index contributed by atoms with van der Waals surface area (Å²) in [5.41, 5.74) is 1.90. The number of hydrogen-bond donors (Lipinski definition) is 2. The van der Waals surface area contributed by atoms with Gasteiger partial charge in [0.15, 0.2) is 0 Å². The number of amides is 2. The summed E-state index contributed by atoms with van der Waals surface area (Å²) in [7, 11) is 1.53. The van der Waals surface area contributed by atoms with Crippen molar-refractivity contribution < 1.29 is 18.7 Å². The van der Waals surface area contributed by atoms with Crippen molar-refractivity contribution in [3.8, 4) is 5.75 Å². The van der Waals surface area contributed by atoms with E-state index in [1.54, 1.807) is 24.3 Å². The average molecular weight is 344 g/mol. The predicted octanol–water partition coefficient (Wildman–Crippen LogP) is 2.69. The fourth-order valence-electron chi connectivity index (χ4n) is 2.42. The normalized spacial score (nSPS) is 10.2. The zero-order valence-electron chi connectivity index (χ0n) is 14.3. The number of ether oxygens (including phenoxy) is 1. The molecule has 6 heteroatoms. The molecule has 0 unspecified atom stereocenters. The topological polar surface area (TPSA) is 67.4 Å². The van der Waals surface area contributed by atoms with Gasteiger partial charge in [-0.25, -0.2) is 4.39 Å². The Morgan fingerprint density at radius 3 is 2.60 bits per heavy atom. The molecule has 2 aromatic rings. The largest absolute Gasteiger partial charge is 0.495 e. The van der Waals surface area contributed by atoms with Crippen LogP contribution in [0, 0.1) is 5.82 Å². The Hall–Kier alpha value is -2.89. The molecule has 0 atom stereocenters. The van der Waals surface area contributed by atoms with Gasteiger partial charge in [0.1, 0.15) is 11.6 Å². The minimum absolute atomic E-state index is 0.00638. The molecule has 0 bridgehead atoms. The number of anilines is 1. The Kier molecular flexibility index (Phi) is 6.51. The lowest BCUT2D eigenvalue weighted by molar-refractivity contribution is -0.120. The molecule has 0 saturated carbocycles. The molecule has 0 aromatic heterocycles. The number of benzene rings is 2. The van der Waals surface area contributed by atoms with Gasteiger partial charge in [0, 0.05) is 13.5 Å². The van der Waals surface area contributed by atoms with Crippen LogP contribution in [-0.2, 0) is 22.4 Å². The third-order valence-corrected chi connectivity index (χ3v) is 3.62. The highest BCUT2D eigenvalue weighted by Gasteiger charge is 2.09. The standard InChI is InChI=1S/C19H21FN2O3/c1-13(23)22-17-11-14(7-8-18(17)25-2)9-10-21-19(24)12-15-5-3-4-6-16(15)20/h3-8,11H,9-10,12H2,1-2H3,(H,21,24)(H,22,23). The monoisotopic (exact) mass is 344 g/mol. The first-order valence-corrected chi connectivity index (χ1v) is 7.94. The van der Waals surface area contributed by atoms with Crippen LogP contribution >= 0.6 is 0 Å². The Morgan fingerprint density at radius 1 is 1.16 bits per heavy atom. The van der Waals surface area contributed by atoms with E-state index in [9.17, 15) is 14.0 Å². The van der Waals surface area contributed by atoms with Gasteiger partial charge < -0.3 is 15.4 Å². The first-order valence-electron chi connectivity index (χ1n) is 7.94. The highest BCUT2D eigenvalue weighted by Crippen LogP contribution is 2.25. The van der Waals surface area contributed by atoms with Gasteiger partial charge >= 0.3 is 0 Å². The summed E-state index contributed by atoms with van der Waals surface area (Å²) in [6.45, 7) is 1.84. The third kappa shape index (κ3) is 5.60. The van der Waals surface area contributed by atoms with E-state index in [-0.39, 0.29) is 24.1 Å². The van der Waals surface area contributed by atoms with Gasteiger partial charge in [0.2, 0.25) is 11.8 Å². The molecule has 2 amide bonds. The molecule has 0 aliphatic heterocycles. The van der Waals surface area contributed by atoms with E-state index < -0.39 is 0 Å². The van der Waals surface area contributed by atoms with Gasteiger partial charge in [-0.05, 0) is 35.7 Å². The van der Waals surface area contributed by atoms with Crippen LogP contribution in [-0.4, -0.2) is 25.5 Å². The lowest BCUT2D eigenvalue weighted by Gasteiger charge is -2.11. The van der Waals surface area contributed by atoms with E-state index in [4.69, 9.17) is 4.74 Å². The van der Waals surface area contributed by atoms with Crippen molar-refractivity contribution in [1.82, 2.24) is 5.32 Å². The second kappa shape index (κ2) is 8.82. The lowest BCUT2D eigenvalue weighted by atomic mass is 10.1. The number of carbonyl (C=O) groups is 2. The van der Waals surface area contributed by atoms with Crippen LogP contribution in [0.25, 0.3) is 0 Å². The first-order chi connectivity index (χ1) is 12.0. The number of halogens is 1. The highest BCUT2D eigenvalue weighted by atomic mass is 19.1. The van der Waals surface area contributed by atoms with Crippen LogP contribution in [0.15, 0.2) is 42.5 Å². The van der Waals surface area contributed by atoms with Crippen molar-refractivity contribution in [2.45, 2.75) is 19.8 Å². The van der Waals surface area contributed by atoms with E-state index in [2.05, 4.69) is 10.6 Å². The van der Waals surface area contributed by atoms with E-state index in [0.29, 0.717) is 30.0 Å². The number of hydrogen-bond acceptors (Lipinski definition) is 3. The molecular formula is C19H21FN2O3. The van der Waals surface area contributed by atoms with Gasteiger partial charge in [-0.2, -0.15) is 0 Å². The SMILES string of the molecule is COc1ccc(CCNC(=O)Cc2ccccc2F)cc1NC(C)=O. The van der Waals surface area contributed by atoms with Gasteiger partial charge in [-0.15, -0.1) is 0 Å². The van der Waals surface area contributed by atoms with Crippen molar-refractivity contribution >= 4 is 17.5 Å². The third-order valence-electron chi connectivity index (χ3n) is 3.62. The summed E-state index contributed by atoms with van der Waals surface area (Å²) in [6, 6.07) is 11.7. The Balaban J connectivity index is 1.89. The number of methoxy groups -OCH3 is 1. The quantitative estimate of drug-likeness (QED) is 0.811. The Morgan fingerprint density at radius 2 is 1.92 bits per heavy atom. The summed E-state index contributed by atoms with van der Waals surface area (Å²) >= 11 is 0. The molecule has 5 nitrogen and oxygen atoms in total. The van der Waals surface area contributed by atoms with Crippen LogP contribution in [0.2, 0.25) is 0 Å². The summed E-state index contributed by atoms with van der Waals surface area (Å²) < 4.78 is 18.7. The van der Waals surface area contributed by atoms with E-state index in [1.807, 2.05) is 12.1 Å². The number of carbonyl (C=O) groups excluding carboxylic acids is 2. The molecule has 0 saturated heterocycles. The predicted molar refractivity (Wildman–Crippen MR) is 94.1 cm³/mol. The molecule has 0 heterocycles. The molecule has 2 rings (SSSR count). The molecule has 0 radical (unpaired) electrons. The minimum atomic E-state index is -0.382. The summed E-state index contributed by atoms with van der Waals surface area (Å²) in [5.74, 6) is -0.232. The average Bonchev–Trinajstić information content (AvgIpc) is 2.57.